The molecule has 7 nitrogen and oxygen atoms in total. The van der Waals surface area contributed by atoms with E-state index in [1.54, 1.807) is 32.4 Å². The molecule has 1 saturated carbocycles. The van der Waals surface area contributed by atoms with Gasteiger partial charge in [-0.3, -0.25) is 4.79 Å². The lowest BCUT2D eigenvalue weighted by Gasteiger charge is -2.37. The van der Waals surface area contributed by atoms with E-state index in [2.05, 4.69) is 5.32 Å². The summed E-state index contributed by atoms with van der Waals surface area (Å²) in [5.74, 6) is 0.645. The van der Waals surface area contributed by atoms with Crippen LogP contribution in [0.15, 0.2) is 18.2 Å². The lowest BCUT2D eigenvalue weighted by Crippen LogP contribution is -2.39. The quantitative estimate of drug-likeness (QED) is 0.827. The third kappa shape index (κ3) is 4.06. The summed E-state index contributed by atoms with van der Waals surface area (Å²) in [7, 11) is -0.220. The summed E-state index contributed by atoms with van der Waals surface area (Å²) in [6.45, 7) is 0.688. The zero-order chi connectivity index (χ0) is 19.7. The number of ether oxygens (including phenoxy) is 2. The van der Waals surface area contributed by atoms with Crippen molar-refractivity contribution in [2.75, 3.05) is 38.9 Å². The van der Waals surface area contributed by atoms with Crippen LogP contribution in [0, 0.1) is 11.3 Å². The number of hydrogen-bond donors (Lipinski definition) is 1. The third-order valence-electron chi connectivity index (χ3n) is 5.90. The first-order valence-electron chi connectivity index (χ1n) is 9.27. The van der Waals surface area contributed by atoms with Gasteiger partial charge in [0.05, 0.1) is 26.4 Å². The maximum absolute atomic E-state index is 13.1. The summed E-state index contributed by atoms with van der Waals surface area (Å²) in [6.07, 6.45) is 6.23. The summed E-state index contributed by atoms with van der Waals surface area (Å²) >= 11 is 0. The number of carbonyl (C=O) groups is 1. The minimum absolute atomic E-state index is 0.129. The molecule has 3 rings (SSSR count). The molecule has 8 heteroatoms. The number of amides is 1. The highest BCUT2D eigenvalue weighted by Crippen LogP contribution is 2.48. The molecular weight excluding hydrogens is 368 g/mol. The first-order chi connectivity index (χ1) is 12.8. The largest absolute Gasteiger partial charge is 0.493 e. The van der Waals surface area contributed by atoms with Crippen molar-refractivity contribution in [2.24, 2.45) is 11.3 Å². The van der Waals surface area contributed by atoms with E-state index < -0.39 is 10.0 Å². The molecule has 1 aromatic rings. The molecule has 1 spiro atoms. The predicted octanol–water partition coefficient (Wildman–Crippen LogP) is 2.48. The van der Waals surface area contributed by atoms with Gasteiger partial charge in [0.15, 0.2) is 11.5 Å². The van der Waals surface area contributed by atoms with E-state index in [-0.39, 0.29) is 23.8 Å². The molecule has 27 heavy (non-hydrogen) atoms. The predicted molar refractivity (Wildman–Crippen MR) is 104 cm³/mol. The molecule has 1 atom stereocenters. The summed E-state index contributed by atoms with van der Waals surface area (Å²) in [5, 5.41) is 2.96. The number of hydrogen-bond acceptors (Lipinski definition) is 5. The van der Waals surface area contributed by atoms with Crippen molar-refractivity contribution >= 4 is 21.6 Å². The van der Waals surface area contributed by atoms with Crippen LogP contribution in [0.2, 0.25) is 0 Å². The molecule has 0 aromatic heterocycles. The number of rotatable bonds is 5. The van der Waals surface area contributed by atoms with Crippen LogP contribution < -0.4 is 14.8 Å². The minimum atomic E-state index is -3.32. The van der Waals surface area contributed by atoms with Crippen molar-refractivity contribution in [1.82, 2.24) is 4.31 Å². The van der Waals surface area contributed by atoms with Crippen LogP contribution >= 0.6 is 0 Å². The van der Waals surface area contributed by atoms with Gasteiger partial charge in [-0.25, -0.2) is 12.7 Å². The SMILES string of the molecule is COc1ccc(NC(=O)C2CN(S(C)(=O)=O)CC23CCCCC3)cc1OC. The lowest BCUT2D eigenvalue weighted by molar-refractivity contribution is -0.123. The number of nitrogens with zero attached hydrogens (tertiary/aromatic N) is 1. The van der Waals surface area contributed by atoms with Crippen LogP contribution in [0.25, 0.3) is 0 Å². The van der Waals surface area contributed by atoms with E-state index in [4.69, 9.17) is 9.47 Å². The van der Waals surface area contributed by atoms with E-state index in [0.29, 0.717) is 23.7 Å². The molecule has 0 radical (unpaired) electrons. The maximum atomic E-state index is 13.1. The average molecular weight is 397 g/mol. The highest BCUT2D eigenvalue weighted by Gasteiger charge is 2.52. The first kappa shape index (κ1) is 19.9. The molecule has 2 aliphatic rings. The van der Waals surface area contributed by atoms with Crippen LogP contribution in [0.5, 0.6) is 11.5 Å². The number of methoxy groups -OCH3 is 2. The molecule has 1 aliphatic carbocycles. The van der Waals surface area contributed by atoms with E-state index in [9.17, 15) is 13.2 Å². The Morgan fingerprint density at radius 1 is 1.15 bits per heavy atom. The van der Waals surface area contributed by atoms with E-state index in [1.807, 2.05) is 0 Å². The number of carbonyl (C=O) groups excluding carboxylic acids is 1. The normalized spacial score (nSPS) is 22.6. The van der Waals surface area contributed by atoms with Gasteiger partial charge in [0, 0.05) is 24.8 Å². The Kier molecular flexibility index (Phi) is 5.67. The lowest BCUT2D eigenvalue weighted by atomic mass is 9.67. The molecule has 150 valence electrons. The number of nitrogens with one attached hydrogen (secondary N) is 1. The zero-order valence-electron chi connectivity index (χ0n) is 16.2. The van der Waals surface area contributed by atoms with Gasteiger partial charge in [-0.15, -0.1) is 0 Å². The Labute approximate surface area is 161 Å². The fourth-order valence-electron chi connectivity index (χ4n) is 4.44. The highest BCUT2D eigenvalue weighted by molar-refractivity contribution is 7.88. The highest BCUT2D eigenvalue weighted by atomic mass is 32.2. The van der Waals surface area contributed by atoms with E-state index in [0.717, 1.165) is 32.1 Å². The summed E-state index contributed by atoms with van der Waals surface area (Å²) in [4.78, 5) is 13.1. The van der Waals surface area contributed by atoms with Gasteiger partial charge in [0.1, 0.15) is 0 Å². The molecule has 1 unspecified atom stereocenters. The Hall–Kier alpha value is -1.80. The second kappa shape index (κ2) is 7.67. The summed E-state index contributed by atoms with van der Waals surface area (Å²) in [6, 6.07) is 5.21. The molecule has 0 bridgehead atoms. The number of sulfonamides is 1. The van der Waals surface area contributed by atoms with Crippen LogP contribution in [0.1, 0.15) is 32.1 Å². The van der Waals surface area contributed by atoms with Gasteiger partial charge in [-0.2, -0.15) is 0 Å². The fourth-order valence-corrected chi connectivity index (χ4v) is 5.35. The van der Waals surface area contributed by atoms with Gasteiger partial charge < -0.3 is 14.8 Å². The average Bonchev–Trinajstić information content (AvgIpc) is 3.01. The Morgan fingerprint density at radius 3 is 2.41 bits per heavy atom. The number of benzene rings is 1. The second-order valence-corrected chi connectivity index (χ2v) is 9.57. The van der Waals surface area contributed by atoms with E-state index >= 15 is 0 Å². The van der Waals surface area contributed by atoms with Crippen LogP contribution in [0.4, 0.5) is 5.69 Å². The molecule has 1 aromatic carbocycles. The Bertz CT molecular complexity index is 802. The molecule has 1 saturated heterocycles. The van der Waals surface area contributed by atoms with Gasteiger partial charge in [0.25, 0.3) is 0 Å². The van der Waals surface area contributed by atoms with Crippen LogP contribution in [-0.2, 0) is 14.8 Å². The third-order valence-corrected chi connectivity index (χ3v) is 7.12. The Morgan fingerprint density at radius 2 is 1.81 bits per heavy atom. The first-order valence-corrected chi connectivity index (χ1v) is 11.1. The van der Waals surface area contributed by atoms with Crippen molar-refractivity contribution in [3.05, 3.63) is 18.2 Å². The molecule has 1 aliphatic heterocycles. The van der Waals surface area contributed by atoms with Crippen molar-refractivity contribution in [1.29, 1.82) is 0 Å². The van der Waals surface area contributed by atoms with Crippen molar-refractivity contribution in [3.8, 4) is 11.5 Å². The molecular formula is C19H28N2O5S. The molecule has 1 heterocycles. The monoisotopic (exact) mass is 396 g/mol. The smallest absolute Gasteiger partial charge is 0.229 e. The fraction of sp³-hybridized carbons (Fsp3) is 0.632. The molecule has 2 fully saturated rings. The molecule has 1 amide bonds. The van der Waals surface area contributed by atoms with E-state index in [1.165, 1.54) is 10.6 Å². The second-order valence-electron chi connectivity index (χ2n) is 7.59. The van der Waals surface area contributed by atoms with Crippen molar-refractivity contribution in [2.45, 2.75) is 32.1 Å². The number of anilines is 1. The maximum Gasteiger partial charge on any atom is 0.229 e. The van der Waals surface area contributed by atoms with Gasteiger partial charge >= 0.3 is 0 Å². The van der Waals surface area contributed by atoms with Gasteiger partial charge in [0.2, 0.25) is 15.9 Å². The standard InChI is InChI=1S/C19H28N2O5S/c1-25-16-8-7-14(11-17(16)26-2)20-18(22)15-12-21(27(3,23)24)13-19(15)9-5-4-6-10-19/h7-8,11,15H,4-6,9-10,12-13H2,1-3H3,(H,20,22). The molecule has 1 N–H and O–H groups in total. The summed E-state index contributed by atoms with van der Waals surface area (Å²) < 4.78 is 36.2. The Balaban J connectivity index is 1.83. The van der Waals surface area contributed by atoms with Crippen LogP contribution in [0.3, 0.4) is 0 Å². The van der Waals surface area contributed by atoms with Crippen molar-refractivity contribution < 1.29 is 22.7 Å². The minimum Gasteiger partial charge on any atom is -0.493 e. The van der Waals surface area contributed by atoms with Crippen molar-refractivity contribution in [3.63, 3.8) is 0 Å². The zero-order valence-corrected chi connectivity index (χ0v) is 17.0. The van der Waals surface area contributed by atoms with Crippen LogP contribution in [-0.4, -0.2) is 52.2 Å². The van der Waals surface area contributed by atoms with Gasteiger partial charge in [-0.1, -0.05) is 19.3 Å². The topological polar surface area (TPSA) is 84.9 Å². The van der Waals surface area contributed by atoms with Gasteiger partial charge in [-0.05, 0) is 30.4 Å². The summed E-state index contributed by atoms with van der Waals surface area (Å²) in [5.41, 5.74) is 0.350.